The minimum absolute atomic E-state index is 0.330. The van der Waals surface area contributed by atoms with Gasteiger partial charge >= 0.3 is 11.9 Å². The first kappa shape index (κ1) is 16.1. The summed E-state index contributed by atoms with van der Waals surface area (Å²) in [5.41, 5.74) is 2.77. The Morgan fingerprint density at radius 3 is 2.14 bits per heavy atom. The second-order valence-corrected chi connectivity index (χ2v) is 5.42. The van der Waals surface area contributed by atoms with Crippen molar-refractivity contribution in [2.24, 2.45) is 0 Å². The van der Waals surface area contributed by atoms with Crippen LogP contribution in [0.5, 0.6) is 0 Å². The first-order valence-corrected chi connectivity index (χ1v) is 7.21. The first-order chi connectivity index (χ1) is 10.5. The summed E-state index contributed by atoms with van der Waals surface area (Å²) in [4.78, 5) is 22.9. The molecule has 0 saturated carbocycles. The minimum Gasteiger partial charge on any atom is -0.466 e. The fraction of sp³-hybridized carbons (Fsp3) is 0.200. The molecule has 6 nitrogen and oxygen atoms in total. The molecule has 0 aromatic heterocycles. The van der Waals surface area contributed by atoms with Crippen LogP contribution in [0.4, 0.5) is 11.4 Å². The number of carbonyl (C=O) groups is 2. The van der Waals surface area contributed by atoms with E-state index >= 15 is 0 Å². The maximum absolute atomic E-state index is 11.5. The second kappa shape index (κ2) is 7.13. The molecule has 2 N–H and O–H groups in total. The van der Waals surface area contributed by atoms with Crippen molar-refractivity contribution in [1.82, 2.24) is 0 Å². The van der Waals surface area contributed by atoms with Gasteiger partial charge in [0.1, 0.15) is 0 Å². The fourth-order valence-electron chi connectivity index (χ4n) is 1.95. The van der Waals surface area contributed by atoms with Crippen molar-refractivity contribution in [2.75, 3.05) is 24.9 Å². The van der Waals surface area contributed by atoms with Gasteiger partial charge < -0.3 is 20.1 Å². The van der Waals surface area contributed by atoms with Crippen molar-refractivity contribution in [1.29, 1.82) is 0 Å². The van der Waals surface area contributed by atoms with Crippen molar-refractivity contribution in [3.05, 3.63) is 46.2 Å². The molecule has 0 unspecified atom stereocenters. The van der Waals surface area contributed by atoms with Crippen LogP contribution in [0.25, 0.3) is 0 Å². The fourth-order valence-corrected chi connectivity index (χ4v) is 2.31. The van der Waals surface area contributed by atoms with E-state index in [0.717, 1.165) is 15.8 Å². The predicted octanol–water partition coefficient (Wildman–Crippen LogP) is 2.79. The molecule has 0 spiro atoms. The summed E-state index contributed by atoms with van der Waals surface area (Å²) in [6.07, 6.45) is 3.03. The van der Waals surface area contributed by atoms with Crippen LogP contribution < -0.4 is 10.6 Å². The number of fused-ring (bicyclic) bond motifs is 1. The van der Waals surface area contributed by atoms with E-state index in [-0.39, 0.29) is 0 Å². The average molecular weight is 367 g/mol. The van der Waals surface area contributed by atoms with Gasteiger partial charge in [-0.05, 0) is 18.2 Å². The van der Waals surface area contributed by atoms with Gasteiger partial charge in [-0.25, -0.2) is 9.59 Å². The van der Waals surface area contributed by atoms with Crippen LogP contribution in [-0.4, -0.2) is 26.2 Å². The van der Waals surface area contributed by atoms with E-state index in [9.17, 15) is 9.59 Å². The summed E-state index contributed by atoms with van der Waals surface area (Å²) in [6, 6.07) is 5.60. The van der Waals surface area contributed by atoms with Gasteiger partial charge in [0.2, 0.25) is 0 Å². The summed E-state index contributed by atoms with van der Waals surface area (Å²) in [7, 11) is 2.62. The molecule has 0 saturated heterocycles. The van der Waals surface area contributed by atoms with E-state index < -0.39 is 11.9 Å². The number of rotatable bonds is 2. The molecule has 22 heavy (non-hydrogen) atoms. The van der Waals surface area contributed by atoms with Gasteiger partial charge in [0.05, 0.1) is 25.6 Å². The summed E-state index contributed by atoms with van der Waals surface area (Å²) in [6.45, 7) is 0. The van der Waals surface area contributed by atoms with E-state index in [2.05, 4.69) is 36.0 Å². The summed E-state index contributed by atoms with van der Waals surface area (Å²) in [5, 5.41) is 6.32. The summed E-state index contributed by atoms with van der Waals surface area (Å²) < 4.78 is 10.2. The lowest BCUT2D eigenvalue weighted by Gasteiger charge is -2.09. The maximum atomic E-state index is 11.5. The van der Waals surface area contributed by atoms with Crippen LogP contribution in [-0.2, 0) is 19.1 Å². The number of esters is 2. The van der Waals surface area contributed by atoms with Crippen LogP contribution in [0.1, 0.15) is 6.42 Å². The van der Waals surface area contributed by atoms with Crippen molar-refractivity contribution >= 4 is 39.2 Å². The topological polar surface area (TPSA) is 76.7 Å². The van der Waals surface area contributed by atoms with Gasteiger partial charge in [-0.3, -0.25) is 0 Å². The number of anilines is 2. The quantitative estimate of drug-likeness (QED) is 0.619. The van der Waals surface area contributed by atoms with Crippen LogP contribution >= 0.6 is 15.9 Å². The van der Waals surface area contributed by atoms with Crippen LogP contribution in [0.2, 0.25) is 0 Å². The third-order valence-electron chi connectivity index (χ3n) is 2.94. The molecule has 7 heteroatoms. The van der Waals surface area contributed by atoms with Gasteiger partial charge in [0.25, 0.3) is 0 Å². The molecule has 0 radical (unpaired) electrons. The number of methoxy groups -OCH3 is 2. The van der Waals surface area contributed by atoms with Gasteiger partial charge in [-0.1, -0.05) is 15.9 Å². The zero-order valence-corrected chi connectivity index (χ0v) is 13.7. The lowest BCUT2D eigenvalue weighted by molar-refractivity contribution is -0.135. The molecule has 0 atom stereocenters. The molecular weight excluding hydrogens is 352 g/mol. The Labute approximate surface area is 136 Å². The molecular formula is C15H15BrN2O4. The Kier molecular flexibility index (Phi) is 5.21. The highest BCUT2D eigenvalue weighted by atomic mass is 79.9. The SMILES string of the molecule is COC(=O)/C=C1/C/C(=C/C(=O)OC)Nc2cc(Br)ccc2N1. The van der Waals surface area contributed by atoms with E-state index in [1.165, 1.54) is 26.4 Å². The summed E-state index contributed by atoms with van der Waals surface area (Å²) in [5.74, 6) is -0.946. The molecule has 1 aromatic carbocycles. The molecule has 1 aliphatic heterocycles. The van der Waals surface area contributed by atoms with Gasteiger partial charge in [0.15, 0.2) is 0 Å². The van der Waals surface area contributed by atoms with Crippen molar-refractivity contribution in [3.8, 4) is 0 Å². The van der Waals surface area contributed by atoms with Crippen molar-refractivity contribution in [2.45, 2.75) is 6.42 Å². The van der Waals surface area contributed by atoms with E-state index in [1.807, 2.05) is 18.2 Å². The molecule has 1 aromatic rings. The second-order valence-electron chi connectivity index (χ2n) is 4.50. The number of nitrogens with one attached hydrogen (secondary N) is 2. The number of ether oxygens (including phenoxy) is 2. The lowest BCUT2D eigenvalue weighted by atomic mass is 10.2. The Morgan fingerprint density at radius 2 is 1.59 bits per heavy atom. The number of hydrogen-bond acceptors (Lipinski definition) is 6. The highest BCUT2D eigenvalue weighted by Gasteiger charge is 2.16. The first-order valence-electron chi connectivity index (χ1n) is 6.42. The van der Waals surface area contributed by atoms with Crippen molar-refractivity contribution < 1.29 is 19.1 Å². The molecule has 0 bridgehead atoms. The molecule has 116 valence electrons. The average Bonchev–Trinajstić information content (AvgIpc) is 2.64. The van der Waals surface area contributed by atoms with Crippen LogP contribution in [0, 0.1) is 0 Å². The monoisotopic (exact) mass is 366 g/mol. The van der Waals surface area contributed by atoms with Crippen LogP contribution in [0.15, 0.2) is 46.2 Å². The van der Waals surface area contributed by atoms with Crippen LogP contribution in [0.3, 0.4) is 0 Å². The number of benzene rings is 1. The molecule has 0 fully saturated rings. The Hall–Kier alpha value is -2.28. The molecule has 0 aliphatic carbocycles. The highest BCUT2D eigenvalue weighted by molar-refractivity contribution is 9.10. The van der Waals surface area contributed by atoms with Crippen molar-refractivity contribution in [3.63, 3.8) is 0 Å². The standard InChI is InChI=1S/C15H15BrN2O4/c1-21-14(19)7-10-6-11(8-15(20)22-2)18-13-5-9(16)3-4-12(13)17-10/h3-5,7-8,17-18H,6H2,1-2H3/b10-7-,11-8-. The number of hydrogen-bond donors (Lipinski definition) is 2. The number of halogens is 1. The highest BCUT2D eigenvalue weighted by Crippen LogP contribution is 2.32. The number of carbonyl (C=O) groups excluding carboxylic acids is 2. The summed E-state index contributed by atoms with van der Waals surface area (Å²) >= 11 is 3.40. The third-order valence-corrected chi connectivity index (χ3v) is 3.43. The largest absolute Gasteiger partial charge is 0.466 e. The molecule has 0 amide bonds. The lowest BCUT2D eigenvalue weighted by Crippen LogP contribution is -2.06. The Morgan fingerprint density at radius 1 is 1.05 bits per heavy atom. The van der Waals surface area contributed by atoms with Gasteiger partial charge in [0, 0.05) is 34.4 Å². The zero-order chi connectivity index (χ0) is 16.1. The van der Waals surface area contributed by atoms with Gasteiger partial charge in [-0.15, -0.1) is 0 Å². The smallest absolute Gasteiger partial charge is 0.332 e. The Bertz CT molecular complexity index is 668. The molecule has 1 aliphatic rings. The minimum atomic E-state index is -0.474. The maximum Gasteiger partial charge on any atom is 0.332 e. The normalized spacial score (nSPS) is 17.0. The van der Waals surface area contributed by atoms with E-state index in [0.29, 0.717) is 17.8 Å². The zero-order valence-electron chi connectivity index (χ0n) is 12.1. The van der Waals surface area contributed by atoms with Gasteiger partial charge in [-0.2, -0.15) is 0 Å². The van der Waals surface area contributed by atoms with E-state index in [1.54, 1.807) is 0 Å². The van der Waals surface area contributed by atoms with E-state index in [4.69, 9.17) is 0 Å². The predicted molar refractivity (Wildman–Crippen MR) is 86.2 cm³/mol. The Balaban J connectivity index is 2.43. The molecule has 2 rings (SSSR count). The molecule has 1 heterocycles. The third kappa shape index (κ3) is 4.11.